The van der Waals surface area contributed by atoms with Gasteiger partial charge in [0.1, 0.15) is 31.5 Å². The van der Waals surface area contributed by atoms with Crippen molar-refractivity contribution in [2.24, 2.45) is 11.8 Å². The van der Waals surface area contributed by atoms with E-state index in [2.05, 4.69) is 27.7 Å². The lowest BCUT2D eigenvalue weighted by Crippen LogP contribution is -2.35. The van der Waals surface area contributed by atoms with E-state index in [9.17, 15) is 24.9 Å². The highest BCUT2D eigenvalue weighted by Crippen LogP contribution is 2.22. The highest BCUT2D eigenvalue weighted by molar-refractivity contribution is 5.72. The third-order valence-electron chi connectivity index (χ3n) is 10.3. The molecule has 0 aromatic carbocycles. The van der Waals surface area contributed by atoms with E-state index in [0.717, 1.165) is 89.9 Å². The van der Waals surface area contributed by atoms with Gasteiger partial charge in [-0.2, -0.15) is 0 Å². The number of hydrogen-bond donors (Lipinski definition) is 3. The van der Waals surface area contributed by atoms with Crippen LogP contribution in [0.25, 0.3) is 0 Å². The summed E-state index contributed by atoms with van der Waals surface area (Å²) in [6, 6.07) is 0. The molecule has 9 heteroatoms. The lowest BCUT2D eigenvalue weighted by Gasteiger charge is -2.23. The van der Waals surface area contributed by atoms with Gasteiger partial charge < -0.3 is 34.3 Å². The molecule has 5 atom stereocenters. The van der Waals surface area contributed by atoms with Crippen LogP contribution in [0.5, 0.6) is 0 Å². The quantitative estimate of drug-likeness (QED) is 0.0412. The summed E-state index contributed by atoms with van der Waals surface area (Å²) in [7, 11) is 0. The first kappa shape index (κ1) is 51.7. The number of carbonyl (C=O) groups excluding carboxylic acids is 2. The Morgan fingerprint density at radius 1 is 0.415 bits per heavy atom. The number of unbranched alkanes of at least 4 members (excludes halogenated alkanes) is 19. The summed E-state index contributed by atoms with van der Waals surface area (Å²) in [5.41, 5.74) is 0. The molecule has 0 bridgehead atoms. The second-order valence-electron chi connectivity index (χ2n) is 15.5. The molecule has 9 nitrogen and oxygen atoms in total. The Balaban J connectivity index is 4.71. The fourth-order valence-corrected chi connectivity index (χ4v) is 6.70. The summed E-state index contributed by atoms with van der Waals surface area (Å²) >= 11 is 0. The van der Waals surface area contributed by atoms with E-state index < -0.39 is 18.3 Å². The smallest absolute Gasteiger partial charge is 0.309 e. The third-order valence-corrected chi connectivity index (χ3v) is 10.3. The molecule has 3 N–H and O–H groups in total. The van der Waals surface area contributed by atoms with Crippen molar-refractivity contribution in [2.75, 3.05) is 39.6 Å². The molecule has 0 heterocycles. The Bertz CT molecular complexity index is 795. The zero-order valence-electron chi connectivity index (χ0n) is 35.0. The maximum atomic E-state index is 13.1. The lowest BCUT2D eigenvalue weighted by atomic mass is 9.94. The van der Waals surface area contributed by atoms with Crippen LogP contribution in [0.15, 0.2) is 0 Å². The molecule has 0 aliphatic heterocycles. The molecule has 0 amide bonds. The zero-order chi connectivity index (χ0) is 39.2. The van der Waals surface area contributed by atoms with Gasteiger partial charge in [-0.15, -0.1) is 0 Å². The van der Waals surface area contributed by atoms with Gasteiger partial charge in [-0.25, -0.2) is 0 Å². The second-order valence-corrected chi connectivity index (χ2v) is 15.5. The molecule has 0 aromatic heterocycles. The second kappa shape index (κ2) is 39.0. The van der Waals surface area contributed by atoms with Gasteiger partial charge >= 0.3 is 11.9 Å². The highest BCUT2D eigenvalue weighted by Gasteiger charge is 2.24. The van der Waals surface area contributed by atoms with E-state index in [-0.39, 0.29) is 63.4 Å². The maximum Gasteiger partial charge on any atom is 0.309 e. The molecule has 0 aliphatic rings. The summed E-state index contributed by atoms with van der Waals surface area (Å²) in [6.45, 7) is 7.67. The molecule has 0 saturated heterocycles. The van der Waals surface area contributed by atoms with E-state index in [1.165, 1.54) is 83.5 Å². The van der Waals surface area contributed by atoms with Crippen molar-refractivity contribution >= 4 is 11.9 Å². The molecule has 0 radical (unpaired) electrons. The van der Waals surface area contributed by atoms with Crippen LogP contribution in [0.1, 0.15) is 201 Å². The molecular weight excluding hydrogens is 672 g/mol. The monoisotopic (exact) mass is 759 g/mol. The Kier molecular flexibility index (Phi) is 38.1. The predicted octanol–water partition coefficient (Wildman–Crippen LogP) is 10.0. The third kappa shape index (κ3) is 31.6. The number of ether oxygens (including phenoxy) is 4. The van der Waals surface area contributed by atoms with Crippen molar-refractivity contribution in [3.8, 4) is 0 Å². The average molecular weight is 759 g/mol. The van der Waals surface area contributed by atoms with Gasteiger partial charge in [-0.3, -0.25) is 9.59 Å². The van der Waals surface area contributed by atoms with Gasteiger partial charge in [0, 0.05) is 0 Å². The Labute approximate surface area is 326 Å². The van der Waals surface area contributed by atoms with Crippen molar-refractivity contribution in [3.05, 3.63) is 0 Å². The van der Waals surface area contributed by atoms with E-state index in [0.29, 0.717) is 0 Å². The van der Waals surface area contributed by atoms with E-state index in [4.69, 9.17) is 18.9 Å². The minimum absolute atomic E-state index is 0.0526. The van der Waals surface area contributed by atoms with Crippen LogP contribution < -0.4 is 0 Å². The number of hydrogen-bond acceptors (Lipinski definition) is 9. The predicted molar refractivity (Wildman–Crippen MR) is 216 cm³/mol. The van der Waals surface area contributed by atoms with Crippen LogP contribution in [-0.2, 0) is 28.5 Å². The number of aliphatic hydroxyl groups excluding tert-OH is 3. The van der Waals surface area contributed by atoms with Crippen LogP contribution in [0.2, 0.25) is 0 Å². The molecule has 0 aliphatic carbocycles. The fraction of sp³-hybridized carbons (Fsp3) is 0.955. The van der Waals surface area contributed by atoms with Crippen molar-refractivity contribution in [3.63, 3.8) is 0 Å². The number of rotatable bonds is 41. The molecule has 0 aromatic rings. The normalized spacial score (nSPS) is 14.5. The zero-order valence-corrected chi connectivity index (χ0v) is 35.0. The molecule has 0 rings (SSSR count). The average Bonchev–Trinajstić information content (AvgIpc) is 3.16. The molecule has 0 fully saturated rings. The van der Waals surface area contributed by atoms with Crippen molar-refractivity contribution in [1.29, 1.82) is 0 Å². The molecule has 316 valence electrons. The maximum absolute atomic E-state index is 13.1. The first-order chi connectivity index (χ1) is 25.9. The Hall–Kier alpha value is -1.26. The van der Waals surface area contributed by atoms with Gasteiger partial charge in [0.05, 0.1) is 38.3 Å². The summed E-state index contributed by atoms with van der Waals surface area (Å²) in [5.74, 6) is -0.783. The number of esters is 2. The van der Waals surface area contributed by atoms with Crippen LogP contribution in [0, 0.1) is 11.8 Å². The van der Waals surface area contributed by atoms with E-state index in [1.807, 2.05) is 0 Å². The van der Waals surface area contributed by atoms with Crippen LogP contribution in [-0.4, -0.2) is 85.2 Å². The van der Waals surface area contributed by atoms with Crippen LogP contribution in [0.3, 0.4) is 0 Å². The standard InChI is InChI=1S/C44H86O9/c1-5-9-13-17-19-22-26-30-38(28-24-16-12-8-4)43(48)52-35-40(47)34-50-41(32-45)36-51-42(33-46)37-53-44(49)39(29-25-21-15-11-7-3)31-27-23-20-18-14-10-6-2/h38-42,45-47H,5-37H2,1-4H3. The summed E-state index contributed by atoms with van der Waals surface area (Å²) in [5, 5.41) is 30.3. The first-order valence-corrected chi connectivity index (χ1v) is 22.3. The van der Waals surface area contributed by atoms with Gasteiger partial charge in [0.2, 0.25) is 0 Å². The van der Waals surface area contributed by atoms with Gasteiger partial charge in [-0.1, -0.05) is 175 Å². The number of carbonyl (C=O) groups is 2. The molecule has 0 saturated carbocycles. The van der Waals surface area contributed by atoms with Gasteiger partial charge in [0.25, 0.3) is 0 Å². The molecular formula is C44H86O9. The van der Waals surface area contributed by atoms with Gasteiger partial charge in [-0.05, 0) is 25.7 Å². The number of aliphatic hydroxyl groups is 3. The van der Waals surface area contributed by atoms with Crippen LogP contribution >= 0.6 is 0 Å². The SMILES string of the molecule is CCCCCCCCCC(CCCCCC)C(=O)OCC(O)COC(CO)COC(CO)COC(=O)C(CCCCCCC)CCCCCCCCC. The van der Waals surface area contributed by atoms with Gasteiger partial charge in [0.15, 0.2) is 0 Å². The van der Waals surface area contributed by atoms with Crippen molar-refractivity contribution in [1.82, 2.24) is 0 Å². The topological polar surface area (TPSA) is 132 Å². The van der Waals surface area contributed by atoms with Crippen molar-refractivity contribution in [2.45, 2.75) is 219 Å². The van der Waals surface area contributed by atoms with Crippen molar-refractivity contribution < 1.29 is 43.9 Å². The molecule has 53 heavy (non-hydrogen) atoms. The summed E-state index contributed by atoms with van der Waals surface area (Å²) in [6.07, 6.45) is 27.6. The van der Waals surface area contributed by atoms with Crippen LogP contribution in [0.4, 0.5) is 0 Å². The van der Waals surface area contributed by atoms with E-state index in [1.54, 1.807) is 0 Å². The largest absolute Gasteiger partial charge is 0.463 e. The Morgan fingerprint density at radius 2 is 0.717 bits per heavy atom. The molecule has 5 unspecified atom stereocenters. The minimum Gasteiger partial charge on any atom is -0.463 e. The summed E-state index contributed by atoms with van der Waals surface area (Å²) in [4.78, 5) is 26.1. The minimum atomic E-state index is -1.04. The van der Waals surface area contributed by atoms with E-state index >= 15 is 0 Å². The fourth-order valence-electron chi connectivity index (χ4n) is 6.70. The Morgan fingerprint density at radius 3 is 1.09 bits per heavy atom. The summed E-state index contributed by atoms with van der Waals surface area (Å²) < 4.78 is 22.6. The molecule has 0 spiro atoms. The highest BCUT2D eigenvalue weighted by atomic mass is 16.6. The first-order valence-electron chi connectivity index (χ1n) is 22.3. The lowest BCUT2D eigenvalue weighted by molar-refractivity contribution is -0.158.